The minimum Gasteiger partial charge on any atom is -0.405 e. The highest BCUT2D eigenvalue weighted by Crippen LogP contribution is 2.61. The summed E-state index contributed by atoms with van der Waals surface area (Å²) in [4.78, 5) is 0. The number of halogens is 1. The van der Waals surface area contributed by atoms with Gasteiger partial charge < -0.3 is 9.31 Å². The molecule has 0 aromatic rings. The van der Waals surface area contributed by atoms with E-state index in [1.54, 1.807) is 0 Å². The molecule has 0 spiro atoms. The topological polar surface area (TPSA) is 18.5 Å². The molecule has 18 heavy (non-hydrogen) atoms. The zero-order valence-corrected chi connectivity index (χ0v) is 12.6. The van der Waals surface area contributed by atoms with Gasteiger partial charge >= 0.3 is 7.12 Å². The second-order valence-corrected chi connectivity index (χ2v) is 7.95. The third-order valence-electron chi connectivity index (χ3n) is 5.42. The average Bonchev–Trinajstić information content (AvgIpc) is 2.70. The van der Waals surface area contributed by atoms with Crippen LogP contribution in [0.1, 0.15) is 47.0 Å². The summed E-state index contributed by atoms with van der Waals surface area (Å²) < 4.78 is 12.2. The van der Waals surface area contributed by atoms with E-state index in [1.165, 1.54) is 6.42 Å². The average molecular weight is 271 g/mol. The summed E-state index contributed by atoms with van der Waals surface area (Å²) in [6.45, 7) is 9.14. The Bertz CT molecular complexity index is 334. The number of alkyl halides is 1. The van der Waals surface area contributed by atoms with E-state index in [0.717, 1.165) is 18.8 Å². The van der Waals surface area contributed by atoms with Gasteiger partial charge in [-0.25, -0.2) is 0 Å². The second kappa shape index (κ2) is 4.39. The third kappa shape index (κ3) is 1.94. The molecule has 0 aromatic heterocycles. The van der Waals surface area contributed by atoms with Crippen molar-refractivity contribution in [2.75, 3.05) is 0 Å². The minimum atomic E-state index is -0.181. The molecular weight excluding hydrogens is 246 g/mol. The predicted molar refractivity (Wildman–Crippen MR) is 74.6 cm³/mol. The summed E-state index contributed by atoms with van der Waals surface area (Å²) in [6, 6.07) is 0. The molecule has 1 heterocycles. The van der Waals surface area contributed by atoms with Crippen molar-refractivity contribution in [2.24, 2.45) is 23.2 Å². The second-order valence-electron chi connectivity index (χ2n) is 7.39. The number of hydrogen-bond acceptors (Lipinski definition) is 2. The van der Waals surface area contributed by atoms with Crippen molar-refractivity contribution < 1.29 is 9.31 Å². The van der Waals surface area contributed by atoms with E-state index < -0.39 is 0 Å². The lowest BCUT2D eigenvalue weighted by molar-refractivity contribution is -0.150. The minimum absolute atomic E-state index is 0.00378. The Labute approximate surface area is 116 Å². The van der Waals surface area contributed by atoms with Crippen molar-refractivity contribution in [3.63, 3.8) is 0 Å². The van der Waals surface area contributed by atoms with Crippen LogP contribution in [0.4, 0.5) is 0 Å². The summed E-state index contributed by atoms with van der Waals surface area (Å²) >= 11 is 6.43. The maximum Gasteiger partial charge on any atom is 0.476 e. The van der Waals surface area contributed by atoms with Crippen LogP contribution < -0.4 is 0 Å². The van der Waals surface area contributed by atoms with Crippen LogP contribution in [0, 0.1) is 23.2 Å². The molecule has 0 radical (unpaired) electrons. The zero-order valence-electron chi connectivity index (χ0n) is 11.9. The van der Waals surface area contributed by atoms with E-state index in [4.69, 9.17) is 20.9 Å². The molecule has 102 valence electrons. The summed E-state index contributed by atoms with van der Waals surface area (Å²) in [5.74, 6) is 2.09. The van der Waals surface area contributed by atoms with Crippen LogP contribution in [0.5, 0.6) is 0 Å². The molecule has 0 amide bonds. The van der Waals surface area contributed by atoms with Gasteiger partial charge in [-0.05, 0) is 42.4 Å². The highest BCUT2D eigenvalue weighted by molar-refractivity contribution is 6.59. The fourth-order valence-electron chi connectivity index (χ4n) is 4.09. The van der Waals surface area contributed by atoms with Crippen LogP contribution >= 0.6 is 11.6 Å². The summed E-state index contributed by atoms with van der Waals surface area (Å²) in [6.07, 6.45) is 4.05. The van der Waals surface area contributed by atoms with Gasteiger partial charge in [0.25, 0.3) is 0 Å². The molecule has 0 N–H and O–H groups in total. The molecule has 2 bridgehead atoms. The Morgan fingerprint density at radius 3 is 2.61 bits per heavy atom. The lowest BCUT2D eigenvalue weighted by atomic mass is 9.47. The Hall–Kier alpha value is 0.275. The molecule has 4 aliphatic rings. The number of hydrogen-bond donors (Lipinski definition) is 0. The van der Waals surface area contributed by atoms with Crippen LogP contribution in [-0.4, -0.2) is 24.6 Å². The van der Waals surface area contributed by atoms with Gasteiger partial charge in [0.2, 0.25) is 0 Å². The van der Waals surface area contributed by atoms with E-state index in [-0.39, 0.29) is 12.4 Å². The molecule has 3 saturated carbocycles. The van der Waals surface area contributed by atoms with Crippen LogP contribution in [0.25, 0.3) is 0 Å². The molecule has 3 aliphatic carbocycles. The van der Waals surface area contributed by atoms with Crippen molar-refractivity contribution in [1.82, 2.24) is 0 Å². The van der Waals surface area contributed by atoms with E-state index in [0.29, 0.717) is 29.5 Å². The van der Waals surface area contributed by atoms with E-state index in [9.17, 15) is 0 Å². The molecule has 1 saturated heterocycles. The molecule has 0 unspecified atom stereocenters. The Kier molecular flexibility index (Phi) is 3.24. The quantitative estimate of drug-likeness (QED) is 0.577. The summed E-state index contributed by atoms with van der Waals surface area (Å²) in [5, 5.41) is -0.00378. The fourth-order valence-corrected chi connectivity index (χ4v) is 4.57. The predicted octanol–water partition coefficient (Wildman–Crippen LogP) is 3.52. The van der Waals surface area contributed by atoms with Gasteiger partial charge in [0.15, 0.2) is 0 Å². The van der Waals surface area contributed by atoms with Gasteiger partial charge in [-0.2, -0.15) is 0 Å². The highest BCUT2D eigenvalue weighted by Gasteiger charge is 2.62. The first-order valence-electron chi connectivity index (χ1n) is 7.34. The van der Waals surface area contributed by atoms with Gasteiger partial charge in [0.05, 0.1) is 17.5 Å². The monoisotopic (exact) mass is 270 g/mol. The Balaban J connectivity index is 1.65. The molecule has 1 aliphatic heterocycles. The standard InChI is InChI=1S/C14H24BClO2/c1-8(2)5-12(16)15-17-11-7-9-6-10(13(11)18-15)14(9,3)4/h8-13H,5-7H2,1-4H3/t9-,10+,11+,12+,13-/m0/s1. The maximum absolute atomic E-state index is 6.43. The van der Waals surface area contributed by atoms with Gasteiger partial charge in [-0.15, -0.1) is 11.6 Å². The van der Waals surface area contributed by atoms with Crippen molar-refractivity contribution in [2.45, 2.75) is 64.4 Å². The van der Waals surface area contributed by atoms with E-state index >= 15 is 0 Å². The van der Waals surface area contributed by atoms with E-state index in [2.05, 4.69) is 27.7 Å². The summed E-state index contributed by atoms with van der Waals surface area (Å²) in [5.41, 5.74) is 0.444. The molecule has 2 nitrogen and oxygen atoms in total. The molecule has 4 rings (SSSR count). The lowest BCUT2D eigenvalue weighted by Gasteiger charge is -2.60. The molecule has 4 heteroatoms. The van der Waals surface area contributed by atoms with Crippen LogP contribution in [0.3, 0.4) is 0 Å². The van der Waals surface area contributed by atoms with Gasteiger partial charge in [0, 0.05) is 0 Å². The van der Waals surface area contributed by atoms with Gasteiger partial charge in [-0.1, -0.05) is 27.7 Å². The Morgan fingerprint density at radius 1 is 1.28 bits per heavy atom. The molecular formula is C14H24BClO2. The van der Waals surface area contributed by atoms with Crippen molar-refractivity contribution in [3.8, 4) is 0 Å². The number of rotatable bonds is 3. The highest BCUT2D eigenvalue weighted by atomic mass is 35.5. The molecule has 4 fully saturated rings. The first-order chi connectivity index (χ1) is 8.39. The summed E-state index contributed by atoms with van der Waals surface area (Å²) in [7, 11) is -0.181. The molecule has 5 atom stereocenters. The van der Waals surface area contributed by atoms with Crippen LogP contribution in [-0.2, 0) is 9.31 Å². The van der Waals surface area contributed by atoms with Crippen molar-refractivity contribution in [1.29, 1.82) is 0 Å². The smallest absolute Gasteiger partial charge is 0.405 e. The van der Waals surface area contributed by atoms with Crippen molar-refractivity contribution >= 4 is 18.7 Å². The fraction of sp³-hybridized carbons (Fsp3) is 1.00. The van der Waals surface area contributed by atoms with Crippen molar-refractivity contribution in [3.05, 3.63) is 0 Å². The van der Waals surface area contributed by atoms with E-state index in [1.807, 2.05) is 0 Å². The third-order valence-corrected chi connectivity index (χ3v) is 5.80. The Morgan fingerprint density at radius 2 is 2.00 bits per heavy atom. The SMILES string of the molecule is CC(C)C[C@@H](Cl)B1O[C@H]2[C@H]3C[C@@H](C[C@H]2O1)C3(C)C. The van der Waals surface area contributed by atoms with Crippen LogP contribution in [0.15, 0.2) is 0 Å². The maximum atomic E-state index is 6.43. The first kappa shape index (κ1) is 13.3. The molecule has 0 aromatic carbocycles. The largest absolute Gasteiger partial charge is 0.476 e. The normalized spacial score (nSPS) is 42.7. The lowest BCUT2D eigenvalue weighted by Crippen LogP contribution is -2.59. The van der Waals surface area contributed by atoms with Gasteiger partial charge in [0.1, 0.15) is 0 Å². The zero-order chi connectivity index (χ0) is 13.1. The van der Waals surface area contributed by atoms with Crippen LogP contribution in [0.2, 0.25) is 0 Å². The first-order valence-corrected chi connectivity index (χ1v) is 7.78. The van der Waals surface area contributed by atoms with Gasteiger partial charge in [-0.3, -0.25) is 0 Å².